The molecule has 55 heavy (non-hydrogen) atoms. The fourth-order valence-electron chi connectivity index (χ4n) is 5.74. The van der Waals surface area contributed by atoms with E-state index in [9.17, 15) is 19.0 Å². The number of likely N-dealkylation sites (N-methyl/N-ethyl adjacent to an activating group) is 1. The molecule has 0 aliphatic carbocycles. The number of nitrogens with zero attached hydrogens (tertiary/aromatic N) is 1. The van der Waals surface area contributed by atoms with Crippen LogP contribution in [0.4, 0.5) is 0 Å². The molecule has 0 radical (unpaired) electrons. The molecule has 1 fully saturated rings. The van der Waals surface area contributed by atoms with Crippen LogP contribution in [0, 0.1) is 0 Å². The first-order valence-corrected chi connectivity index (χ1v) is 23.0. The SMILES string of the molecule is CCCCCC/C=C\CCCCCCCC(=O)OCC(COP(=O)(O)OCC[N+](C)(C)C)OC(=O)CCC/C=C\C/C=C\C/C=C\CC1OC1CCCCC. The summed E-state index contributed by atoms with van der Waals surface area (Å²) in [6.07, 6.45) is 39.1. The molecule has 1 N–H and O–H groups in total. The third-order valence-corrected chi connectivity index (χ3v) is 10.2. The second kappa shape index (κ2) is 33.0. The summed E-state index contributed by atoms with van der Waals surface area (Å²) < 4.78 is 39.9. The quantitative estimate of drug-likeness (QED) is 0.0163. The lowest BCUT2D eigenvalue weighted by Crippen LogP contribution is -2.37. The van der Waals surface area contributed by atoms with Crippen LogP contribution in [0.1, 0.15) is 155 Å². The van der Waals surface area contributed by atoms with Crippen molar-refractivity contribution in [3.8, 4) is 0 Å². The minimum Gasteiger partial charge on any atom is -0.462 e. The molecule has 0 saturated carbocycles. The van der Waals surface area contributed by atoms with Gasteiger partial charge >= 0.3 is 19.8 Å². The fourth-order valence-corrected chi connectivity index (χ4v) is 6.48. The Labute approximate surface area is 335 Å². The van der Waals surface area contributed by atoms with Crippen LogP contribution in [0.2, 0.25) is 0 Å². The second-order valence-corrected chi connectivity index (χ2v) is 17.2. The Morgan fingerprint density at radius 2 is 1.24 bits per heavy atom. The molecule has 10 nitrogen and oxygen atoms in total. The molecule has 4 atom stereocenters. The monoisotopic (exact) mass is 797 g/mol. The summed E-state index contributed by atoms with van der Waals surface area (Å²) in [4.78, 5) is 35.3. The number of carbonyl (C=O) groups is 2. The molecule has 11 heteroatoms. The Kier molecular flexibility index (Phi) is 30.5. The highest BCUT2D eigenvalue weighted by Crippen LogP contribution is 2.43. The van der Waals surface area contributed by atoms with Crippen LogP contribution in [0.5, 0.6) is 0 Å². The van der Waals surface area contributed by atoms with Crippen molar-refractivity contribution in [2.24, 2.45) is 0 Å². The van der Waals surface area contributed by atoms with Gasteiger partial charge in [-0.2, -0.15) is 0 Å². The number of carbonyl (C=O) groups excluding carboxylic acids is 2. The predicted molar refractivity (Wildman–Crippen MR) is 224 cm³/mol. The number of epoxide rings is 1. The molecule has 0 aromatic carbocycles. The number of esters is 2. The van der Waals surface area contributed by atoms with Crippen LogP contribution < -0.4 is 0 Å². The molecule has 0 bridgehead atoms. The first-order chi connectivity index (χ1) is 26.5. The lowest BCUT2D eigenvalue weighted by atomic mass is 10.1. The number of ether oxygens (including phenoxy) is 3. The number of allylic oxidation sites excluding steroid dienone is 7. The van der Waals surface area contributed by atoms with Crippen molar-refractivity contribution in [2.75, 3.05) is 47.5 Å². The number of quaternary nitrogens is 1. The molecule has 1 aliphatic rings. The van der Waals surface area contributed by atoms with Crippen LogP contribution in [0.15, 0.2) is 48.6 Å². The van der Waals surface area contributed by atoms with E-state index in [-0.39, 0.29) is 26.1 Å². The lowest BCUT2D eigenvalue weighted by molar-refractivity contribution is -0.870. The van der Waals surface area contributed by atoms with E-state index >= 15 is 0 Å². The molecular formula is C44H79NO9P+. The van der Waals surface area contributed by atoms with Gasteiger partial charge in [0.15, 0.2) is 6.10 Å². The largest absolute Gasteiger partial charge is 0.472 e. The van der Waals surface area contributed by atoms with E-state index in [0.717, 1.165) is 57.8 Å². The van der Waals surface area contributed by atoms with Gasteiger partial charge in [-0.05, 0) is 70.6 Å². The van der Waals surface area contributed by atoms with Crippen LogP contribution in [0.25, 0.3) is 0 Å². The zero-order valence-electron chi connectivity index (χ0n) is 35.3. The Hall–Kier alpha value is -2.07. The maximum atomic E-state index is 12.7. The fraction of sp³-hybridized carbons (Fsp3) is 0.773. The number of phosphoric acid groups is 1. The first-order valence-electron chi connectivity index (χ1n) is 21.5. The average molecular weight is 797 g/mol. The molecule has 1 heterocycles. The van der Waals surface area contributed by atoms with Gasteiger partial charge in [0.1, 0.15) is 19.8 Å². The van der Waals surface area contributed by atoms with Gasteiger partial charge < -0.3 is 23.6 Å². The molecule has 1 saturated heterocycles. The molecule has 0 aromatic heterocycles. The summed E-state index contributed by atoms with van der Waals surface area (Å²) >= 11 is 0. The minimum absolute atomic E-state index is 0.0166. The van der Waals surface area contributed by atoms with Crippen molar-refractivity contribution in [3.05, 3.63) is 48.6 Å². The zero-order valence-corrected chi connectivity index (χ0v) is 36.2. The van der Waals surface area contributed by atoms with E-state index in [2.05, 4.69) is 56.4 Å². The van der Waals surface area contributed by atoms with E-state index in [1.807, 2.05) is 27.2 Å². The Morgan fingerprint density at radius 3 is 1.93 bits per heavy atom. The van der Waals surface area contributed by atoms with Gasteiger partial charge in [-0.3, -0.25) is 18.6 Å². The van der Waals surface area contributed by atoms with E-state index in [1.165, 1.54) is 57.8 Å². The smallest absolute Gasteiger partial charge is 0.462 e. The van der Waals surface area contributed by atoms with Crippen molar-refractivity contribution in [1.29, 1.82) is 0 Å². The van der Waals surface area contributed by atoms with Crippen LogP contribution in [0.3, 0.4) is 0 Å². The number of hydrogen-bond acceptors (Lipinski definition) is 8. The number of unbranched alkanes of at least 4 members (excludes halogenated alkanes) is 12. The highest BCUT2D eigenvalue weighted by molar-refractivity contribution is 7.47. The highest BCUT2D eigenvalue weighted by Gasteiger charge is 2.36. The Morgan fingerprint density at radius 1 is 0.673 bits per heavy atom. The van der Waals surface area contributed by atoms with E-state index in [1.54, 1.807) is 0 Å². The van der Waals surface area contributed by atoms with Gasteiger partial charge in [-0.25, -0.2) is 4.57 Å². The maximum absolute atomic E-state index is 12.7. The molecule has 0 amide bonds. The van der Waals surface area contributed by atoms with Crippen LogP contribution >= 0.6 is 7.82 Å². The molecule has 318 valence electrons. The van der Waals surface area contributed by atoms with Crippen molar-refractivity contribution < 1.29 is 46.8 Å². The van der Waals surface area contributed by atoms with Gasteiger partial charge in [-0.15, -0.1) is 0 Å². The van der Waals surface area contributed by atoms with Crippen molar-refractivity contribution in [3.63, 3.8) is 0 Å². The number of hydrogen-bond donors (Lipinski definition) is 1. The van der Waals surface area contributed by atoms with Gasteiger partial charge in [0.05, 0.1) is 40.0 Å². The molecule has 0 spiro atoms. The Bertz CT molecular complexity index is 1150. The van der Waals surface area contributed by atoms with Gasteiger partial charge in [0.2, 0.25) is 0 Å². The summed E-state index contributed by atoms with van der Waals surface area (Å²) in [6, 6.07) is 0. The summed E-state index contributed by atoms with van der Waals surface area (Å²) in [7, 11) is 1.42. The van der Waals surface area contributed by atoms with E-state index < -0.39 is 32.5 Å². The van der Waals surface area contributed by atoms with Gasteiger partial charge in [0.25, 0.3) is 0 Å². The molecule has 1 rings (SSSR count). The number of phosphoric ester groups is 1. The van der Waals surface area contributed by atoms with Crippen LogP contribution in [-0.4, -0.2) is 87.1 Å². The van der Waals surface area contributed by atoms with E-state index in [0.29, 0.717) is 36.1 Å². The average Bonchev–Trinajstić information content (AvgIpc) is 3.89. The predicted octanol–water partition coefficient (Wildman–Crippen LogP) is 10.9. The summed E-state index contributed by atoms with van der Waals surface area (Å²) in [5.41, 5.74) is 0. The third kappa shape index (κ3) is 33.8. The highest BCUT2D eigenvalue weighted by atomic mass is 31.2. The summed E-state index contributed by atoms with van der Waals surface area (Å²) in [5, 5.41) is 0. The Balaban J connectivity index is 2.34. The van der Waals surface area contributed by atoms with Gasteiger partial charge in [0, 0.05) is 12.8 Å². The number of rotatable bonds is 37. The van der Waals surface area contributed by atoms with Crippen LogP contribution in [-0.2, 0) is 37.4 Å². The topological polar surface area (TPSA) is 121 Å². The molecule has 4 unspecified atom stereocenters. The normalized spacial score (nSPS) is 17.8. The standard InChI is InChI=1S/C44H78NO9P/c1-6-8-10-11-12-13-14-15-16-20-23-26-30-34-43(46)50-38-40(39-52-55(48,49)51-37-36-45(3,4)5)53-44(47)35-31-27-24-21-18-17-19-22-25-29-33-42-41(54-42)32-28-9-7-2/h13-14,17,19,21,24-25,29,40-42H,6-12,15-16,18,20,22-23,26-28,30-39H2,1-5H3/p+1/b14-13-,19-17-,24-21-,29-25-. The zero-order chi connectivity index (χ0) is 40.5. The second-order valence-electron chi connectivity index (χ2n) is 15.8. The van der Waals surface area contributed by atoms with Crippen molar-refractivity contribution in [1.82, 2.24) is 0 Å². The van der Waals surface area contributed by atoms with Crippen molar-refractivity contribution in [2.45, 2.75) is 173 Å². The molecule has 1 aliphatic heterocycles. The third-order valence-electron chi connectivity index (χ3n) is 9.26. The summed E-state index contributed by atoms with van der Waals surface area (Å²) in [5.74, 6) is -0.883. The van der Waals surface area contributed by atoms with Crippen molar-refractivity contribution >= 4 is 19.8 Å². The van der Waals surface area contributed by atoms with Gasteiger partial charge in [-0.1, -0.05) is 120 Å². The maximum Gasteiger partial charge on any atom is 0.472 e. The lowest BCUT2D eigenvalue weighted by Gasteiger charge is -2.24. The molecular weight excluding hydrogens is 717 g/mol. The summed E-state index contributed by atoms with van der Waals surface area (Å²) in [6.45, 7) is 4.28. The van der Waals surface area contributed by atoms with E-state index in [4.69, 9.17) is 23.3 Å². The minimum atomic E-state index is -4.39. The molecule has 0 aromatic rings. The first kappa shape index (κ1) is 50.9.